The van der Waals surface area contributed by atoms with E-state index >= 15 is 0 Å². The van der Waals surface area contributed by atoms with Crippen molar-refractivity contribution in [1.82, 2.24) is 5.32 Å². The Morgan fingerprint density at radius 3 is 3.05 bits per heavy atom. The Balaban J connectivity index is 2.03. The summed E-state index contributed by atoms with van der Waals surface area (Å²) in [7, 11) is 0. The van der Waals surface area contributed by atoms with Gasteiger partial charge in [0.15, 0.2) is 0 Å². The number of ether oxygens (including phenoxy) is 2. The molecule has 1 atom stereocenters. The van der Waals surface area contributed by atoms with Crippen molar-refractivity contribution in [2.24, 2.45) is 5.92 Å². The number of nitrogens with one attached hydrogen (secondary N) is 1. The second-order valence-electron chi connectivity index (χ2n) is 5.27. The molecule has 1 aromatic carbocycles. The van der Waals surface area contributed by atoms with Crippen LogP contribution in [0.5, 0.6) is 5.75 Å². The van der Waals surface area contributed by atoms with Gasteiger partial charge in [-0.05, 0) is 25.5 Å². The third kappa shape index (κ3) is 4.68. The van der Waals surface area contributed by atoms with E-state index in [0.717, 1.165) is 43.9 Å². The highest BCUT2D eigenvalue weighted by Crippen LogP contribution is 2.25. The molecule has 0 aromatic heterocycles. The summed E-state index contributed by atoms with van der Waals surface area (Å²) in [5, 5.41) is 14.1. The number of benzene rings is 1. The van der Waals surface area contributed by atoms with Crippen LogP contribution in [0.4, 0.5) is 5.69 Å². The first-order valence-corrected chi connectivity index (χ1v) is 7.39. The van der Waals surface area contributed by atoms with E-state index in [-0.39, 0.29) is 10.6 Å². The van der Waals surface area contributed by atoms with Crippen LogP contribution in [0.25, 0.3) is 0 Å². The lowest BCUT2D eigenvalue weighted by Gasteiger charge is -2.14. The molecule has 0 radical (unpaired) electrons. The maximum Gasteiger partial charge on any atom is 0.270 e. The summed E-state index contributed by atoms with van der Waals surface area (Å²) in [6.07, 6.45) is 2.03. The van der Waals surface area contributed by atoms with Crippen molar-refractivity contribution >= 4 is 5.69 Å². The van der Waals surface area contributed by atoms with Crippen molar-refractivity contribution in [2.75, 3.05) is 26.4 Å². The van der Waals surface area contributed by atoms with Crippen molar-refractivity contribution < 1.29 is 14.4 Å². The van der Waals surface area contributed by atoms with Gasteiger partial charge in [-0.3, -0.25) is 10.1 Å². The largest absolute Gasteiger partial charge is 0.493 e. The average molecular weight is 294 g/mol. The predicted octanol–water partition coefficient (Wildman–Crippen LogP) is 2.51. The standard InChI is InChI=1S/C15H22N2O4/c1-2-6-16-9-13-8-14(17(18)19)3-4-15(13)21-11-12-5-7-20-10-12/h3-4,8,12,16H,2,5-7,9-11H2,1H3. The fourth-order valence-corrected chi connectivity index (χ4v) is 2.28. The lowest BCUT2D eigenvalue weighted by atomic mass is 10.1. The summed E-state index contributed by atoms with van der Waals surface area (Å²) in [4.78, 5) is 10.5. The van der Waals surface area contributed by atoms with Crippen LogP contribution < -0.4 is 10.1 Å². The summed E-state index contributed by atoms with van der Waals surface area (Å²) in [6, 6.07) is 4.77. The molecule has 1 aliphatic rings. The average Bonchev–Trinajstić information content (AvgIpc) is 2.99. The number of nitro groups is 1. The molecule has 1 aliphatic heterocycles. The molecule has 0 amide bonds. The first kappa shape index (κ1) is 15.7. The first-order chi connectivity index (χ1) is 10.2. The highest BCUT2D eigenvalue weighted by Gasteiger charge is 2.18. The van der Waals surface area contributed by atoms with E-state index in [4.69, 9.17) is 9.47 Å². The second kappa shape index (κ2) is 7.95. The van der Waals surface area contributed by atoms with E-state index in [9.17, 15) is 10.1 Å². The normalized spacial score (nSPS) is 17.9. The van der Waals surface area contributed by atoms with Gasteiger partial charge in [0, 0.05) is 36.8 Å². The van der Waals surface area contributed by atoms with Gasteiger partial charge in [0.05, 0.1) is 18.1 Å². The minimum Gasteiger partial charge on any atom is -0.493 e. The first-order valence-electron chi connectivity index (χ1n) is 7.39. The van der Waals surface area contributed by atoms with Crippen molar-refractivity contribution in [3.05, 3.63) is 33.9 Å². The molecule has 0 bridgehead atoms. The van der Waals surface area contributed by atoms with E-state index in [1.807, 2.05) is 0 Å². The lowest BCUT2D eigenvalue weighted by Crippen LogP contribution is -2.17. The zero-order valence-electron chi connectivity index (χ0n) is 12.3. The van der Waals surface area contributed by atoms with Crippen LogP contribution in [0.15, 0.2) is 18.2 Å². The van der Waals surface area contributed by atoms with Crippen molar-refractivity contribution in [2.45, 2.75) is 26.3 Å². The van der Waals surface area contributed by atoms with Crippen LogP contribution >= 0.6 is 0 Å². The molecule has 1 fully saturated rings. The quantitative estimate of drug-likeness (QED) is 0.453. The maximum atomic E-state index is 10.9. The molecule has 0 aliphatic carbocycles. The molecule has 1 N–H and O–H groups in total. The number of nitro benzene ring substituents is 1. The molecular formula is C15H22N2O4. The zero-order chi connectivity index (χ0) is 15.1. The second-order valence-corrected chi connectivity index (χ2v) is 5.27. The third-order valence-electron chi connectivity index (χ3n) is 3.50. The number of non-ortho nitro benzene ring substituents is 1. The van der Waals surface area contributed by atoms with E-state index in [1.54, 1.807) is 12.1 Å². The number of rotatable bonds is 8. The summed E-state index contributed by atoms with van der Waals surface area (Å²) >= 11 is 0. The molecular weight excluding hydrogens is 272 g/mol. The van der Waals surface area contributed by atoms with Crippen molar-refractivity contribution in [3.63, 3.8) is 0 Å². The minimum atomic E-state index is -0.377. The lowest BCUT2D eigenvalue weighted by molar-refractivity contribution is -0.384. The topological polar surface area (TPSA) is 73.6 Å². The highest BCUT2D eigenvalue weighted by atomic mass is 16.6. The monoisotopic (exact) mass is 294 g/mol. The molecule has 1 aromatic rings. The molecule has 21 heavy (non-hydrogen) atoms. The number of hydrogen-bond acceptors (Lipinski definition) is 5. The van der Waals surface area contributed by atoms with Gasteiger partial charge in [-0.1, -0.05) is 6.92 Å². The molecule has 2 rings (SSSR count). The van der Waals surface area contributed by atoms with Gasteiger partial charge in [-0.15, -0.1) is 0 Å². The van der Waals surface area contributed by atoms with Crippen LogP contribution in [-0.4, -0.2) is 31.3 Å². The van der Waals surface area contributed by atoms with Gasteiger partial charge >= 0.3 is 0 Å². The zero-order valence-corrected chi connectivity index (χ0v) is 12.3. The Morgan fingerprint density at radius 2 is 2.38 bits per heavy atom. The number of hydrogen-bond donors (Lipinski definition) is 1. The van der Waals surface area contributed by atoms with Gasteiger partial charge in [-0.25, -0.2) is 0 Å². The van der Waals surface area contributed by atoms with Crippen LogP contribution in [0.1, 0.15) is 25.3 Å². The molecule has 0 saturated carbocycles. The predicted molar refractivity (Wildman–Crippen MR) is 79.5 cm³/mol. The van der Waals surface area contributed by atoms with Gasteiger partial charge in [-0.2, -0.15) is 0 Å². The molecule has 1 unspecified atom stereocenters. The third-order valence-corrected chi connectivity index (χ3v) is 3.50. The Bertz CT molecular complexity index is 473. The Hall–Kier alpha value is -1.66. The molecule has 1 saturated heterocycles. The van der Waals surface area contributed by atoms with Crippen LogP contribution in [0.3, 0.4) is 0 Å². The highest BCUT2D eigenvalue weighted by molar-refractivity contribution is 5.43. The van der Waals surface area contributed by atoms with E-state index in [2.05, 4.69) is 12.2 Å². The minimum absolute atomic E-state index is 0.0971. The van der Waals surface area contributed by atoms with Gasteiger partial charge in [0.25, 0.3) is 5.69 Å². The summed E-state index contributed by atoms with van der Waals surface area (Å²) in [5.74, 6) is 1.13. The fraction of sp³-hybridized carbons (Fsp3) is 0.600. The number of nitrogens with zero attached hydrogens (tertiary/aromatic N) is 1. The van der Waals surface area contributed by atoms with Crippen molar-refractivity contribution in [1.29, 1.82) is 0 Å². The summed E-state index contributed by atoms with van der Waals surface area (Å²) < 4.78 is 11.2. The summed E-state index contributed by atoms with van der Waals surface area (Å²) in [5.41, 5.74) is 0.927. The summed E-state index contributed by atoms with van der Waals surface area (Å²) in [6.45, 7) is 5.65. The Morgan fingerprint density at radius 1 is 1.52 bits per heavy atom. The molecule has 0 spiro atoms. The van der Waals surface area contributed by atoms with Crippen LogP contribution in [0.2, 0.25) is 0 Å². The molecule has 6 nitrogen and oxygen atoms in total. The Labute approximate surface area is 124 Å². The van der Waals surface area contributed by atoms with Crippen LogP contribution in [0, 0.1) is 16.0 Å². The fourth-order valence-electron chi connectivity index (χ4n) is 2.28. The van der Waals surface area contributed by atoms with Gasteiger partial charge in [0.2, 0.25) is 0 Å². The van der Waals surface area contributed by atoms with Crippen LogP contribution in [-0.2, 0) is 11.3 Å². The molecule has 6 heteroatoms. The van der Waals surface area contributed by atoms with E-state index < -0.39 is 0 Å². The Kier molecular flexibility index (Phi) is 5.95. The van der Waals surface area contributed by atoms with Crippen molar-refractivity contribution in [3.8, 4) is 5.75 Å². The smallest absolute Gasteiger partial charge is 0.270 e. The van der Waals surface area contributed by atoms with Gasteiger partial charge in [0.1, 0.15) is 5.75 Å². The van der Waals surface area contributed by atoms with E-state index in [1.165, 1.54) is 6.07 Å². The molecule has 1 heterocycles. The van der Waals surface area contributed by atoms with Gasteiger partial charge < -0.3 is 14.8 Å². The molecule has 116 valence electrons. The maximum absolute atomic E-state index is 10.9. The van der Waals surface area contributed by atoms with E-state index in [0.29, 0.717) is 19.1 Å². The SMILES string of the molecule is CCCNCc1cc([N+](=O)[O-])ccc1OCC1CCOC1.